The van der Waals surface area contributed by atoms with Gasteiger partial charge in [0.1, 0.15) is 23.5 Å². The van der Waals surface area contributed by atoms with Gasteiger partial charge in [-0.1, -0.05) is 19.1 Å². The molecule has 1 fully saturated rings. The van der Waals surface area contributed by atoms with Crippen LogP contribution in [-0.4, -0.2) is 39.8 Å². The summed E-state index contributed by atoms with van der Waals surface area (Å²) in [5.74, 6) is -0.114. The van der Waals surface area contributed by atoms with E-state index in [0.717, 1.165) is 36.9 Å². The summed E-state index contributed by atoms with van der Waals surface area (Å²) in [5, 5.41) is 0. The lowest BCUT2D eigenvalue weighted by Crippen LogP contribution is -2.18. The number of aryl methyl sites for hydroxylation is 1. The van der Waals surface area contributed by atoms with E-state index in [4.69, 9.17) is 15.2 Å². The average molecular weight is 354 g/mol. The van der Waals surface area contributed by atoms with Gasteiger partial charge in [0.05, 0.1) is 17.1 Å². The first-order valence-corrected chi connectivity index (χ1v) is 9.02. The highest BCUT2D eigenvalue weighted by atomic mass is 16.6. The Morgan fingerprint density at radius 2 is 2.12 bits per heavy atom. The van der Waals surface area contributed by atoms with Crippen LogP contribution < -0.4 is 5.73 Å². The number of rotatable bonds is 5. The summed E-state index contributed by atoms with van der Waals surface area (Å²) in [5.41, 5.74) is 9.20. The van der Waals surface area contributed by atoms with E-state index in [-0.39, 0.29) is 12.7 Å². The van der Waals surface area contributed by atoms with E-state index in [1.165, 1.54) is 0 Å². The van der Waals surface area contributed by atoms with Crippen LogP contribution in [0.4, 0.5) is 5.82 Å². The number of nitrogens with two attached hydrogens (primary N) is 1. The van der Waals surface area contributed by atoms with E-state index in [1.807, 2.05) is 28.8 Å². The molecular weight excluding hydrogens is 332 g/mol. The van der Waals surface area contributed by atoms with Crippen molar-refractivity contribution in [2.75, 3.05) is 18.9 Å². The van der Waals surface area contributed by atoms with Crippen LogP contribution in [0.25, 0.3) is 22.2 Å². The van der Waals surface area contributed by atoms with Crippen LogP contribution in [0.15, 0.2) is 24.3 Å². The molecule has 1 atom stereocenters. The lowest BCUT2D eigenvalue weighted by atomic mass is 10.2. The number of ether oxygens (including phenoxy) is 2. The zero-order valence-corrected chi connectivity index (χ0v) is 14.8. The fourth-order valence-electron chi connectivity index (χ4n) is 3.38. The Hall–Kier alpha value is -2.67. The lowest BCUT2D eigenvalue weighted by molar-refractivity contribution is 0.0163. The number of carbonyl (C=O) groups is 1. The molecule has 1 unspecified atom stereocenters. The molecule has 0 radical (unpaired) electrons. The summed E-state index contributed by atoms with van der Waals surface area (Å²) >= 11 is 0. The van der Waals surface area contributed by atoms with Crippen molar-refractivity contribution >= 4 is 34.0 Å². The SMILES string of the molecule is CCCn1c(N)c(C(=O)OCC2CCCO2)c2nc3ccccc3nc21. The third-order valence-corrected chi connectivity index (χ3v) is 4.67. The predicted molar refractivity (Wildman–Crippen MR) is 99.0 cm³/mol. The first-order valence-electron chi connectivity index (χ1n) is 9.02. The monoisotopic (exact) mass is 354 g/mol. The summed E-state index contributed by atoms with van der Waals surface area (Å²) in [6, 6.07) is 7.58. The second-order valence-corrected chi connectivity index (χ2v) is 6.53. The molecule has 3 aromatic rings. The number of fused-ring (bicyclic) bond motifs is 2. The summed E-state index contributed by atoms with van der Waals surface area (Å²) < 4.78 is 12.8. The predicted octanol–water partition coefficient (Wildman–Crippen LogP) is 2.91. The number of esters is 1. The van der Waals surface area contributed by atoms with Crippen molar-refractivity contribution in [2.24, 2.45) is 0 Å². The normalized spacial score (nSPS) is 17.2. The van der Waals surface area contributed by atoms with Gasteiger partial charge in [-0.2, -0.15) is 0 Å². The largest absolute Gasteiger partial charge is 0.459 e. The number of nitrogen functional groups attached to an aromatic ring is 1. The smallest absolute Gasteiger partial charge is 0.344 e. The van der Waals surface area contributed by atoms with E-state index >= 15 is 0 Å². The summed E-state index contributed by atoms with van der Waals surface area (Å²) in [4.78, 5) is 22.1. The molecule has 3 heterocycles. The molecule has 7 heteroatoms. The van der Waals surface area contributed by atoms with Gasteiger partial charge in [-0.15, -0.1) is 0 Å². The van der Waals surface area contributed by atoms with Gasteiger partial charge in [0.25, 0.3) is 0 Å². The number of aromatic nitrogens is 3. The van der Waals surface area contributed by atoms with E-state index in [0.29, 0.717) is 29.1 Å². The Balaban J connectivity index is 1.77. The quantitative estimate of drug-likeness (QED) is 0.708. The molecule has 7 nitrogen and oxygen atoms in total. The first kappa shape index (κ1) is 16.8. The van der Waals surface area contributed by atoms with Gasteiger partial charge in [0.2, 0.25) is 0 Å². The van der Waals surface area contributed by atoms with Crippen molar-refractivity contribution in [2.45, 2.75) is 38.8 Å². The molecule has 2 aromatic heterocycles. The molecule has 2 N–H and O–H groups in total. The van der Waals surface area contributed by atoms with E-state index in [2.05, 4.69) is 16.9 Å². The number of para-hydroxylation sites is 2. The average Bonchev–Trinajstić information content (AvgIpc) is 3.25. The molecule has 0 saturated carbocycles. The summed E-state index contributed by atoms with van der Waals surface area (Å²) in [6.07, 6.45) is 2.74. The van der Waals surface area contributed by atoms with Crippen LogP contribution in [-0.2, 0) is 16.0 Å². The van der Waals surface area contributed by atoms with E-state index < -0.39 is 5.97 Å². The van der Waals surface area contributed by atoms with Crippen LogP contribution in [0.3, 0.4) is 0 Å². The third-order valence-electron chi connectivity index (χ3n) is 4.67. The van der Waals surface area contributed by atoms with Gasteiger partial charge in [-0.05, 0) is 31.4 Å². The summed E-state index contributed by atoms with van der Waals surface area (Å²) in [6.45, 7) is 3.67. The summed E-state index contributed by atoms with van der Waals surface area (Å²) in [7, 11) is 0. The molecule has 0 bridgehead atoms. The van der Waals surface area contributed by atoms with Crippen LogP contribution >= 0.6 is 0 Å². The fraction of sp³-hybridized carbons (Fsp3) is 0.421. The van der Waals surface area contributed by atoms with Crippen LogP contribution in [0.1, 0.15) is 36.5 Å². The van der Waals surface area contributed by atoms with Crippen molar-refractivity contribution in [3.8, 4) is 0 Å². The van der Waals surface area contributed by atoms with Crippen LogP contribution in [0.2, 0.25) is 0 Å². The Morgan fingerprint density at radius 1 is 1.35 bits per heavy atom. The number of benzene rings is 1. The van der Waals surface area contributed by atoms with Gasteiger partial charge in [0, 0.05) is 13.2 Å². The zero-order valence-electron chi connectivity index (χ0n) is 14.8. The van der Waals surface area contributed by atoms with Crippen LogP contribution in [0, 0.1) is 0 Å². The molecule has 0 spiro atoms. The zero-order chi connectivity index (χ0) is 18.1. The second-order valence-electron chi connectivity index (χ2n) is 6.53. The van der Waals surface area contributed by atoms with Gasteiger partial charge in [-0.25, -0.2) is 14.8 Å². The molecule has 0 aliphatic carbocycles. The van der Waals surface area contributed by atoms with Crippen molar-refractivity contribution in [1.82, 2.24) is 14.5 Å². The van der Waals surface area contributed by atoms with Gasteiger partial charge >= 0.3 is 5.97 Å². The minimum absolute atomic E-state index is 0.0314. The number of nitrogens with zero attached hydrogens (tertiary/aromatic N) is 3. The second kappa shape index (κ2) is 6.92. The van der Waals surface area contributed by atoms with Gasteiger partial charge in [0.15, 0.2) is 5.65 Å². The Labute approximate surface area is 151 Å². The number of hydrogen-bond acceptors (Lipinski definition) is 6. The Morgan fingerprint density at radius 3 is 2.81 bits per heavy atom. The Kier molecular flexibility index (Phi) is 4.46. The molecule has 1 aromatic carbocycles. The maximum absolute atomic E-state index is 12.8. The minimum atomic E-state index is -0.470. The standard InChI is InChI=1S/C19H22N4O3/c1-2-9-23-17(20)15(19(24)26-11-12-6-5-10-25-12)16-18(23)22-14-8-4-3-7-13(14)21-16/h3-4,7-8,12H,2,5-6,9-11,20H2,1H3. The highest BCUT2D eigenvalue weighted by molar-refractivity contribution is 6.08. The maximum atomic E-state index is 12.8. The van der Waals surface area contributed by atoms with Crippen molar-refractivity contribution in [3.05, 3.63) is 29.8 Å². The highest BCUT2D eigenvalue weighted by Crippen LogP contribution is 2.29. The minimum Gasteiger partial charge on any atom is -0.459 e. The number of anilines is 1. The van der Waals surface area contributed by atoms with Crippen LogP contribution in [0.5, 0.6) is 0 Å². The molecule has 1 aliphatic heterocycles. The molecule has 0 amide bonds. The first-order chi connectivity index (χ1) is 12.7. The van der Waals surface area contributed by atoms with E-state index in [1.54, 1.807) is 0 Å². The third kappa shape index (κ3) is 2.88. The van der Waals surface area contributed by atoms with Crippen molar-refractivity contribution in [1.29, 1.82) is 0 Å². The molecule has 26 heavy (non-hydrogen) atoms. The molecule has 136 valence electrons. The fourth-order valence-corrected chi connectivity index (χ4v) is 3.38. The number of hydrogen-bond donors (Lipinski definition) is 1. The van der Waals surface area contributed by atoms with E-state index in [9.17, 15) is 4.79 Å². The number of carbonyl (C=O) groups excluding carboxylic acids is 1. The Bertz CT molecular complexity index is 960. The van der Waals surface area contributed by atoms with Gasteiger partial charge in [-0.3, -0.25) is 0 Å². The molecule has 1 aliphatic rings. The van der Waals surface area contributed by atoms with Crippen molar-refractivity contribution in [3.63, 3.8) is 0 Å². The highest BCUT2D eigenvalue weighted by Gasteiger charge is 2.26. The topological polar surface area (TPSA) is 92.3 Å². The molecule has 1 saturated heterocycles. The van der Waals surface area contributed by atoms with Gasteiger partial charge < -0.3 is 19.8 Å². The lowest BCUT2D eigenvalue weighted by Gasteiger charge is -2.10. The molecular formula is C19H22N4O3. The molecule has 4 rings (SSSR count). The maximum Gasteiger partial charge on any atom is 0.344 e. The van der Waals surface area contributed by atoms with Crippen molar-refractivity contribution < 1.29 is 14.3 Å².